The molecule has 1 N–H and O–H groups in total. The van der Waals surface area contributed by atoms with Crippen molar-refractivity contribution in [2.24, 2.45) is 0 Å². The van der Waals surface area contributed by atoms with E-state index in [4.69, 9.17) is 0 Å². The van der Waals surface area contributed by atoms with E-state index in [-0.39, 0.29) is 5.91 Å². The van der Waals surface area contributed by atoms with Crippen LogP contribution >= 0.6 is 0 Å². The molecule has 2 aromatic rings. The third-order valence-corrected chi connectivity index (χ3v) is 3.78. The summed E-state index contributed by atoms with van der Waals surface area (Å²) in [4.78, 5) is 12.4. The van der Waals surface area contributed by atoms with Crippen LogP contribution in [0.1, 0.15) is 29.5 Å². The lowest BCUT2D eigenvalue weighted by Crippen LogP contribution is -2.14. The van der Waals surface area contributed by atoms with Gasteiger partial charge < -0.3 is 5.32 Å². The SMILES string of the molecule is [CH2]c1ccc(NC(=O)C2=Cc3ccccc3CCC2)cc1. The van der Waals surface area contributed by atoms with Crippen LogP contribution in [0.4, 0.5) is 5.69 Å². The Morgan fingerprint density at radius 2 is 1.76 bits per heavy atom. The number of anilines is 1. The van der Waals surface area contributed by atoms with Crippen molar-refractivity contribution in [3.8, 4) is 0 Å². The molecule has 1 amide bonds. The Labute approximate surface area is 125 Å². The Morgan fingerprint density at radius 3 is 2.57 bits per heavy atom. The number of hydrogen-bond donors (Lipinski definition) is 1. The molecule has 0 fully saturated rings. The van der Waals surface area contributed by atoms with Gasteiger partial charge in [-0.05, 0) is 61.1 Å². The second-order valence-corrected chi connectivity index (χ2v) is 5.37. The molecular formula is C19H18NO. The van der Waals surface area contributed by atoms with Gasteiger partial charge in [0, 0.05) is 11.3 Å². The summed E-state index contributed by atoms with van der Waals surface area (Å²) in [5, 5.41) is 2.96. The van der Waals surface area contributed by atoms with Gasteiger partial charge in [-0.25, -0.2) is 0 Å². The monoisotopic (exact) mass is 276 g/mol. The van der Waals surface area contributed by atoms with Gasteiger partial charge in [0.15, 0.2) is 0 Å². The molecule has 2 nitrogen and oxygen atoms in total. The van der Waals surface area contributed by atoms with Crippen LogP contribution in [0.2, 0.25) is 0 Å². The average Bonchev–Trinajstić information content (AvgIpc) is 2.72. The summed E-state index contributed by atoms with van der Waals surface area (Å²) < 4.78 is 0. The fourth-order valence-electron chi connectivity index (χ4n) is 2.61. The summed E-state index contributed by atoms with van der Waals surface area (Å²) in [7, 11) is 0. The first-order valence-corrected chi connectivity index (χ1v) is 7.24. The topological polar surface area (TPSA) is 29.1 Å². The minimum Gasteiger partial charge on any atom is -0.322 e. The number of hydrogen-bond acceptors (Lipinski definition) is 1. The fourth-order valence-corrected chi connectivity index (χ4v) is 2.61. The Morgan fingerprint density at radius 1 is 1.00 bits per heavy atom. The van der Waals surface area contributed by atoms with Gasteiger partial charge in [0.05, 0.1) is 0 Å². The van der Waals surface area contributed by atoms with Crippen molar-refractivity contribution in [3.63, 3.8) is 0 Å². The molecule has 0 aromatic heterocycles. The van der Waals surface area contributed by atoms with Crippen molar-refractivity contribution in [3.05, 3.63) is 77.7 Å². The van der Waals surface area contributed by atoms with Crippen LogP contribution in [0.5, 0.6) is 0 Å². The summed E-state index contributed by atoms with van der Waals surface area (Å²) in [5.74, 6) is -0.0106. The zero-order valence-electron chi connectivity index (χ0n) is 11.9. The van der Waals surface area contributed by atoms with Crippen molar-refractivity contribution in [1.82, 2.24) is 0 Å². The van der Waals surface area contributed by atoms with Crippen molar-refractivity contribution in [1.29, 1.82) is 0 Å². The molecule has 2 aromatic carbocycles. The fraction of sp³-hybridized carbons (Fsp3) is 0.158. The van der Waals surface area contributed by atoms with E-state index in [9.17, 15) is 4.79 Å². The summed E-state index contributed by atoms with van der Waals surface area (Å²) in [6.45, 7) is 3.84. The molecule has 0 spiro atoms. The highest BCUT2D eigenvalue weighted by molar-refractivity contribution is 6.06. The Hall–Kier alpha value is -2.35. The second-order valence-electron chi connectivity index (χ2n) is 5.37. The van der Waals surface area contributed by atoms with E-state index >= 15 is 0 Å². The number of fused-ring (bicyclic) bond motifs is 1. The van der Waals surface area contributed by atoms with Gasteiger partial charge in [-0.15, -0.1) is 0 Å². The zero-order chi connectivity index (χ0) is 14.7. The van der Waals surface area contributed by atoms with Gasteiger partial charge in [0.1, 0.15) is 0 Å². The maximum atomic E-state index is 12.4. The second kappa shape index (κ2) is 5.96. The lowest BCUT2D eigenvalue weighted by atomic mass is 10.1. The van der Waals surface area contributed by atoms with Crippen LogP contribution in [0.25, 0.3) is 6.08 Å². The Kier molecular flexibility index (Phi) is 3.87. The number of nitrogens with one attached hydrogen (secondary N) is 1. The summed E-state index contributed by atoms with van der Waals surface area (Å²) >= 11 is 0. The van der Waals surface area contributed by atoms with Crippen LogP contribution in [0.3, 0.4) is 0 Å². The van der Waals surface area contributed by atoms with E-state index in [1.807, 2.05) is 36.4 Å². The number of benzene rings is 2. The maximum Gasteiger partial charge on any atom is 0.251 e. The van der Waals surface area contributed by atoms with Crippen LogP contribution in [0.15, 0.2) is 54.1 Å². The normalized spacial score (nSPS) is 13.9. The van der Waals surface area contributed by atoms with Crippen LogP contribution < -0.4 is 5.32 Å². The molecule has 1 aliphatic rings. The molecule has 1 aliphatic carbocycles. The first-order valence-electron chi connectivity index (χ1n) is 7.24. The van der Waals surface area contributed by atoms with Crippen LogP contribution in [0, 0.1) is 6.92 Å². The number of aryl methyl sites for hydroxylation is 1. The molecule has 0 unspecified atom stereocenters. The molecule has 1 radical (unpaired) electrons. The Bertz CT molecular complexity index is 683. The highest BCUT2D eigenvalue weighted by Crippen LogP contribution is 2.24. The standard InChI is InChI=1S/C19H18NO/c1-14-9-11-18(12-10-14)20-19(21)17-8-4-7-15-5-2-3-6-16(15)13-17/h2-3,5-6,9-13H,1,4,7-8H2,(H,20,21). The van der Waals surface area contributed by atoms with Gasteiger partial charge in [-0.3, -0.25) is 4.79 Å². The molecule has 105 valence electrons. The number of carbonyl (C=O) groups excluding carboxylic acids is 1. The number of amides is 1. The van der Waals surface area contributed by atoms with Crippen molar-refractivity contribution in [2.75, 3.05) is 5.32 Å². The molecule has 3 rings (SSSR count). The van der Waals surface area contributed by atoms with Crippen LogP contribution in [-0.2, 0) is 11.2 Å². The van der Waals surface area contributed by atoms with Crippen molar-refractivity contribution in [2.45, 2.75) is 19.3 Å². The first kappa shape index (κ1) is 13.6. The van der Waals surface area contributed by atoms with Gasteiger partial charge in [-0.2, -0.15) is 0 Å². The largest absolute Gasteiger partial charge is 0.322 e. The van der Waals surface area contributed by atoms with E-state index < -0.39 is 0 Å². The molecule has 0 heterocycles. The summed E-state index contributed by atoms with van der Waals surface area (Å²) in [6, 6.07) is 15.8. The quantitative estimate of drug-likeness (QED) is 0.874. The van der Waals surface area contributed by atoms with Crippen molar-refractivity contribution >= 4 is 17.7 Å². The Balaban J connectivity index is 1.81. The summed E-state index contributed by atoms with van der Waals surface area (Å²) in [6.07, 6.45) is 4.87. The predicted octanol–water partition coefficient (Wildman–Crippen LogP) is 4.23. The van der Waals surface area contributed by atoms with Crippen molar-refractivity contribution < 1.29 is 4.79 Å². The smallest absolute Gasteiger partial charge is 0.251 e. The third kappa shape index (κ3) is 3.22. The lowest BCUT2D eigenvalue weighted by molar-refractivity contribution is -0.112. The van der Waals surface area contributed by atoms with E-state index in [1.165, 1.54) is 5.56 Å². The summed E-state index contributed by atoms with van der Waals surface area (Å²) in [5.41, 5.74) is 5.08. The first-order chi connectivity index (χ1) is 10.2. The van der Waals surface area contributed by atoms with E-state index in [2.05, 4.69) is 30.4 Å². The average molecular weight is 276 g/mol. The molecule has 0 bridgehead atoms. The molecule has 0 aliphatic heterocycles. The molecular weight excluding hydrogens is 258 g/mol. The number of carbonyl (C=O) groups is 1. The minimum atomic E-state index is -0.0106. The van der Waals surface area contributed by atoms with E-state index in [0.29, 0.717) is 0 Å². The molecule has 0 saturated heterocycles. The van der Waals surface area contributed by atoms with Gasteiger partial charge in [0.25, 0.3) is 5.91 Å². The minimum absolute atomic E-state index is 0.0106. The van der Waals surface area contributed by atoms with Crippen LogP contribution in [-0.4, -0.2) is 5.91 Å². The third-order valence-electron chi connectivity index (χ3n) is 3.78. The molecule has 0 saturated carbocycles. The van der Waals surface area contributed by atoms with E-state index in [1.54, 1.807) is 0 Å². The highest BCUT2D eigenvalue weighted by atomic mass is 16.1. The molecule has 0 atom stereocenters. The van der Waals surface area contributed by atoms with Gasteiger partial charge in [-0.1, -0.05) is 36.4 Å². The lowest BCUT2D eigenvalue weighted by Gasteiger charge is -2.08. The van der Waals surface area contributed by atoms with Gasteiger partial charge >= 0.3 is 0 Å². The zero-order valence-corrected chi connectivity index (χ0v) is 11.9. The van der Waals surface area contributed by atoms with Gasteiger partial charge in [0.2, 0.25) is 0 Å². The van der Waals surface area contributed by atoms with E-state index in [0.717, 1.165) is 41.6 Å². The predicted molar refractivity (Wildman–Crippen MR) is 86.9 cm³/mol. The maximum absolute atomic E-state index is 12.4. The molecule has 2 heteroatoms. The number of rotatable bonds is 2. The highest BCUT2D eigenvalue weighted by Gasteiger charge is 2.14. The molecule has 21 heavy (non-hydrogen) atoms.